The van der Waals surface area contributed by atoms with Crippen LogP contribution in [0.2, 0.25) is 0 Å². The number of amides is 2. The summed E-state index contributed by atoms with van der Waals surface area (Å²) in [6.45, 7) is 7.01. The summed E-state index contributed by atoms with van der Waals surface area (Å²) in [6.07, 6.45) is 9.30. The maximum Gasteiger partial charge on any atom is 0.257 e. The number of aliphatic hydroxyl groups excluding tert-OH is 1. The highest BCUT2D eigenvalue weighted by Gasteiger charge is 2.34. The summed E-state index contributed by atoms with van der Waals surface area (Å²) in [5, 5.41) is 24.1. The van der Waals surface area contributed by atoms with E-state index >= 15 is 0 Å². The molecule has 62 heavy (non-hydrogen) atoms. The van der Waals surface area contributed by atoms with Gasteiger partial charge in [-0.3, -0.25) is 14.0 Å². The third-order valence-corrected chi connectivity index (χ3v) is 10.5. The molecule has 4 aliphatic rings. The van der Waals surface area contributed by atoms with Crippen LogP contribution in [0.25, 0.3) is 11.3 Å². The minimum Gasteiger partial charge on any atom is -0.486 e. The van der Waals surface area contributed by atoms with E-state index in [0.29, 0.717) is 75.7 Å². The van der Waals surface area contributed by atoms with Crippen LogP contribution < -0.4 is 39.4 Å². The number of pyridine rings is 2. The fraction of sp³-hybridized carbons (Fsp3) is 0.400. The van der Waals surface area contributed by atoms with E-state index < -0.39 is 24.8 Å². The predicted octanol–water partition coefficient (Wildman–Crippen LogP) is 3.07. The molecule has 19 nitrogen and oxygen atoms in total. The number of hydrogen-bond acceptors (Lipinski definition) is 15. The van der Waals surface area contributed by atoms with Gasteiger partial charge in [0.2, 0.25) is 11.8 Å². The molecule has 4 aliphatic heterocycles. The molecule has 0 radical (unpaired) electrons. The number of rotatable bonds is 2. The molecule has 0 unspecified atom stereocenters. The molecule has 6 aromatic rings. The van der Waals surface area contributed by atoms with E-state index in [-0.39, 0.29) is 68.8 Å². The standard InChI is InChI=1S/C20H21FN6O3.C19H19FN6O4.CH3F/c1-3-14-10-29-16-8-27-17-15(6-23-27)19(28)24-11(2)9-30-20-12(4-13(21)5-22-20)7-26(14)18(16)25-17;1-10-8-30-19-11(2-12(20)3-21-19)5-25-13(7-27)9-29-15-6-26-16(24-17(15)25)14(4-22-26)18(28)23-10;1-2/h4-6,8,11,14H,3,7,9-10H2,1-2H3,(H,24,28);2-4,6,10,13,27H,5,7-9H2,1H3,(H,23,28);1H3/t11-,14-;10-,13-;/m11./s1/i;;1D. The van der Waals surface area contributed by atoms with E-state index in [1.165, 1.54) is 33.6 Å². The number of nitrogens with one attached hydrogen (secondary N) is 2. The Labute approximate surface area is 353 Å². The normalized spacial score (nSPS) is 20.7. The van der Waals surface area contributed by atoms with Crippen LogP contribution in [0, 0.1) is 11.6 Å². The van der Waals surface area contributed by atoms with Gasteiger partial charge in [-0.05, 0) is 32.4 Å². The second kappa shape index (κ2) is 17.6. The Kier molecular flexibility index (Phi) is 11.5. The summed E-state index contributed by atoms with van der Waals surface area (Å²) < 4.78 is 69.8. The summed E-state index contributed by atoms with van der Waals surface area (Å²) in [4.78, 5) is 47.0. The van der Waals surface area contributed by atoms with Crippen LogP contribution in [0.15, 0.2) is 49.3 Å². The van der Waals surface area contributed by atoms with E-state index in [0.717, 1.165) is 18.8 Å². The quantitative estimate of drug-likeness (QED) is 0.229. The first-order chi connectivity index (χ1) is 30.5. The molecule has 2 amide bonds. The highest BCUT2D eigenvalue weighted by molar-refractivity contribution is 6.00. The van der Waals surface area contributed by atoms with Gasteiger partial charge in [0.05, 0.1) is 89.6 Å². The highest BCUT2D eigenvalue weighted by Crippen LogP contribution is 2.37. The first-order valence-electron chi connectivity index (χ1n) is 20.4. The summed E-state index contributed by atoms with van der Waals surface area (Å²) in [7, 11) is -1.00. The van der Waals surface area contributed by atoms with Crippen molar-refractivity contribution in [1.29, 1.82) is 0 Å². The lowest BCUT2D eigenvalue weighted by atomic mass is 10.1. The Hall–Kier alpha value is -6.97. The molecular weight excluding hydrogens is 818 g/mol. The molecule has 10 heterocycles. The Balaban J connectivity index is 0.000000163. The number of fused-ring (bicyclic) bond motifs is 2. The van der Waals surface area contributed by atoms with Gasteiger partial charge in [-0.15, -0.1) is 0 Å². The zero-order valence-corrected chi connectivity index (χ0v) is 33.8. The number of hydrogen-bond donors (Lipinski definition) is 3. The van der Waals surface area contributed by atoms with Crippen molar-refractivity contribution in [2.45, 2.75) is 64.4 Å². The van der Waals surface area contributed by atoms with Gasteiger partial charge in [-0.2, -0.15) is 10.2 Å². The maximum atomic E-state index is 14.0. The van der Waals surface area contributed by atoms with Crippen LogP contribution in [-0.2, 0) is 13.1 Å². The molecule has 4 bridgehead atoms. The van der Waals surface area contributed by atoms with Crippen LogP contribution in [0.4, 0.5) is 24.8 Å². The van der Waals surface area contributed by atoms with E-state index in [1.807, 2.05) is 6.92 Å². The number of alkyl halides is 1. The van der Waals surface area contributed by atoms with Gasteiger partial charge >= 0.3 is 0 Å². The SMILES string of the molecule is CC[C@@H]1COc2cn3ncc4c3nc2N1Cc1cc(F)cnc1OC[C@@H](C)NC4=O.C[C@@H]1COc2ncc(F)cc2CN2c3nc4c(cnn4cc3OC[C@H]2CO)C(=O)N1.[2H]CF. The first kappa shape index (κ1) is 40.4. The average Bonchev–Trinajstić information content (AvgIpc) is 3.88. The number of aliphatic hydroxyl groups is 1. The number of carbonyl (C=O) groups excluding carboxylic acids is 2. The lowest BCUT2D eigenvalue weighted by Gasteiger charge is -2.37. The molecular formula is C40H43F3N12O7. The number of nitrogens with zero attached hydrogens (tertiary/aromatic N) is 10. The fourth-order valence-corrected chi connectivity index (χ4v) is 7.39. The molecule has 0 saturated carbocycles. The Morgan fingerprint density at radius 3 is 1.65 bits per heavy atom. The van der Waals surface area contributed by atoms with Gasteiger partial charge in [0.1, 0.15) is 49.2 Å². The van der Waals surface area contributed by atoms with Gasteiger partial charge in [-0.1, -0.05) is 6.92 Å². The monoisotopic (exact) mass is 861 g/mol. The summed E-state index contributed by atoms with van der Waals surface area (Å²) in [6, 6.07) is 1.73. The van der Waals surface area contributed by atoms with Gasteiger partial charge in [0.15, 0.2) is 34.4 Å². The average molecular weight is 862 g/mol. The van der Waals surface area contributed by atoms with Gasteiger partial charge in [0, 0.05) is 11.1 Å². The molecule has 0 saturated heterocycles. The van der Waals surface area contributed by atoms with Crippen LogP contribution >= 0.6 is 0 Å². The topological polar surface area (TPSA) is 208 Å². The second-order valence-electron chi connectivity index (χ2n) is 14.9. The Morgan fingerprint density at radius 1 is 0.742 bits per heavy atom. The minimum atomic E-state index is -1.00. The third kappa shape index (κ3) is 8.11. The maximum absolute atomic E-state index is 14.0. The van der Waals surface area contributed by atoms with Crippen LogP contribution in [0.5, 0.6) is 23.3 Å². The van der Waals surface area contributed by atoms with Crippen LogP contribution in [-0.4, -0.2) is 120 Å². The smallest absolute Gasteiger partial charge is 0.257 e. The molecule has 22 heteroatoms. The van der Waals surface area contributed by atoms with Gasteiger partial charge < -0.3 is 44.5 Å². The van der Waals surface area contributed by atoms with Crippen molar-refractivity contribution in [1.82, 2.24) is 49.8 Å². The highest BCUT2D eigenvalue weighted by atomic mass is 19.1. The second-order valence-corrected chi connectivity index (χ2v) is 14.9. The summed E-state index contributed by atoms with van der Waals surface area (Å²) in [5.74, 6) is 1.01. The van der Waals surface area contributed by atoms with E-state index in [2.05, 4.69) is 47.6 Å². The molecule has 3 N–H and O–H groups in total. The van der Waals surface area contributed by atoms with E-state index in [1.54, 1.807) is 24.2 Å². The molecule has 0 spiro atoms. The number of ether oxygens (including phenoxy) is 4. The van der Waals surface area contributed by atoms with Gasteiger partial charge in [-0.25, -0.2) is 37.7 Å². The van der Waals surface area contributed by atoms with E-state index in [9.17, 15) is 27.9 Å². The lowest BCUT2D eigenvalue weighted by Crippen LogP contribution is -2.45. The van der Waals surface area contributed by atoms with E-state index in [4.69, 9.17) is 25.3 Å². The first-order valence-corrected chi connectivity index (χ1v) is 19.7. The van der Waals surface area contributed by atoms with Crippen molar-refractivity contribution >= 4 is 34.7 Å². The number of anilines is 2. The number of halogens is 3. The molecule has 0 aromatic carbocycles. The molecule has 4 atom stereocenters. The molecule has 326 valence electrons. The van der Waals surface area contributed by atoms with Crippen LogP contribution in [0.3, 0.4) is 0 Å². The third-order valence-electron chi connectivity index (χ3n) is 10.5. The molecule has 0 fully saturated rings. The zero-order chi connectivity index (χ0) is 44.4. The number of carbonyl (C=O) groups is 2. The molecule has 6 aromatic heterocycles. The van der Waals surface area contributed by atoms with Crippen molar-refractivity contribution in [2.24, 2.45) is 0 Å². The van der Waals surface area contributed by atoms with Crippen molar-refractivity contribution in [2.75, 3.05) is 50.0 Å². The summed E-state index contributed by atoms with van der Waals surface area (Å²) >= 11 is 0. The van der Waals surface area contributed by atoms with Crippen molar-refractivity contribution in [3.8, 4) is 23.3 Å². The molecule has 10 rings (SSSR count). The lowest BCUT2D eigenvalue weighted by molar-refractivity contribution is 0.0919. The van der Waals surface area contributed by atoms with Crippen LogP contribution in [0.1, 0.15) is 60.4 Å². The zero-order valence-electron chi connectivity index (χ0n) is 34.8. The minimum absolute atomic E-state index is 0.0211. The molecule has 0 aliphatic carbocycles. The van der Waals surface area contributed by atoms with Gasteiger partial charge in [0.25, 0.3) is 11.8 Å². The number of aromatic nitrogens is 8. The summed E-state index contributed by atoms with van der Waals surface area (Å²) in [5.41, 5.74) is 2.55. The largest absolute Gasteiger partial charge is 0.486 e. The Morgan fingerprint density at radius 2 is 1.19 bits per heavy atom. The van der Waals surface area contributed by atoms with Crippen molar-refractivity contribution in [3.05, 3.63) is 83.2 Å². The predicted molar refractivity (Wildman–Crippen MR) is 215 cm³/mol. The fourth-order valence-electron chi connectivity index (χ4n) is 7.39. The van der Waals surface area contributed by atoms with Crippen molar-refractivity contribution < 1.29 is 48.2 Å². The van der Waals surface area contributed by atoms with Crippen molar-refractivity contribution in [3.63, 3.8) is 0 Å². The Bertz CT molecular complexity index is 2480.